The van der Waals surface area contributed by atoms with Crippen LogP contribution in [0.3, 0.4) is 0 Å². The molecule has 3 aromatic rings. The lowest BCUT2D eigenvalue weighted by molar-refractivity contribution is 0.554. The number of primary sulfonamides is 1. The van der Waals surface area contributed by atoms with Gasteiger partial charge in [0.25, 0.3) is 5.56 Å². The van der Waals surface area contributed by atoms with Crippen LogP contribution in [0, 0.1) is 13.8 Å². The number of aromatic amines is 1. The average Bonchev–Trinajstić information content (AvgIpc) is 2.87. The van der Waals surface area contributed by atoms with Crippen molar-refractivity contribution in [3.8, 4) is 0 Å². The average molecular weight is 349 g/mol. The zero-order chi connectivity index (χ0) is 17.6. The fourth-order valence-electron chi connectivity index (χ4n) is 2.59. The molecule has 1 aromatic carbocycles. The third-order valence-electron chi connectivity index (χ3n) is 4.02. The number of rotatable bonds is 3. The predicted octanol–water partition coefficient (Wildman–Crippen LogP) is 0.595. The second kappa shape index (κ2) is 5.46. The van der Waals surface area contributed by atoms with Crippen LogP contribution < -0.4 is 16.5 Å². The van der Waals surface area contributed by atoms with Gasteiger partial charge in [0.15, 0.2) is 11.1 Å². The van der Waals surface area contributed by atoms with Gasteiger partial charge in [-0.15, -0.1) is 0 Å². The summed E-state index contributed by atoms with van der Waals surface area (Å²) in [6.07, 6.45) is 1.44. The van der Waals surface area contributed by atoms with Gasteiger partial charge in [0.1, 0.15) is 0 Å². The quantitative estimate of drug-likeness (QED) is 0.715. The number of nitrogens with zero attached hydrogens (tertiary/aromatic N) is 1. The second-order valence-electron chi connectivity index (χ2n) is 5.53. The molecular formula is C15H15N3O5S. The molecule has 0 fully saturated rings. The molecule has 0 aliphatic heterocycles. The van der Waals surface area contributed by atoms with Crippen molar-refractivity contribution < 1.29 is 12.8 Å². The second-order valence-corrected chi connectivity index (χ2v) is 7.06. The molecule has 0 radical (unpaired) electrons. The molecule has 3 N–H and O–H groups in total. The molecule has 3 rings (SSSR count). The molecule has 0 aliphatic carbocycles. The number of nitrogens with one attached hydrogen (secondary N) is 1. The van der Waals surface area contributed by atoms with Crippen molar-refractivity contribution in [1.29, 1.82) is 0 Å². The Bertz CT molecular complexity index is 1170. The highest BCUT2D eigenvalue weighted by molar-refractivity contribution is 7.89. The summed E-state index contributed by atoms with van der Waals surface area (Å²) in [4.78, 5) is 26.0. The number of hydrogen-bond donors (Lipinski definition) is 2. The third-order valence-corrected chi connectivity index (χ3v) is 5.01. The topological polar surface area (TPSA) is 128 Å². The molecule has 2 aromatic heterocycles. The van der Waals surface area contributed by atoms with Crippen molar-refractivity contribution in [2.24, 2.45) is 5.14 Å². The van der Waals surface area contributed by atoms with Crippen LogP contribution >= 0.6 is 0 Å². The maximum absolute atomic E-state index is 12.5. The minimum Gasteiger partial charge on any atom is -0.408 e. The van der Waals surface area contributed by atoms with Gasteiger partial charge in [0.2, 0.25) is 10.0 Å². The number of aromatic nitrogens is 2. The van der Waals surface area contributed by atoms with E-state index in [-0.39, 0.29) is 22.5 Å². The fourth-order valence-corrected chi connectivity index (χ4v) is 3.41. The molecule has 126 valence electrons. The minimum absolute atomic E-state index is 0.00125. The van der Waals surface area contributed by atoms with Gasteiger partial charge in [-0.05, 0) is 42.7 Å². The number of benzene rings is 1. The zero-order valence-electron chi connectivity index (χ0n) is 13.0. The molecule has 0 aliphatic rings. The first-order valence-corrected chi connectivity index (χ1v) is 8.57. The van der Waals surface area contributed by atoms with Crippen LogP contribution in [0.25, 0.3) is 11.1 Å². The molecule has 9 heteroatoms. The zero-order valence-corrected chi connectivity index (χ0v) is 13.8. The number of oxazole rings is 1. The van der Waals surface area contributed by atoms with E-state index < -0.39 is 21.3 Å². The number of nitrogens with two attached hydrogens (primary N) is 1. The first-order valence-electron chi connectivity index (χ1n) is 7.02. The Hall–Kier alpha value is -2.65. The highest BCUT2D eigenvalue weighted by Gasteiger charge is 2.18. The van der Waals surface area contributed by atoms with Crippen molar-refractivity contribution in [2.75, 3.05) is 0 Å². The molecule has 0 bridgehead atoms. The van der Waals surface area contributed by atoms with Crippen molar-refractivity contribution in [3.05, 3.63) is 62.0 Å². The number of pyridine rings is 1. The smallest absolute Gasteiger partial charge is 0.408 e. The van der Waals surface area contributed by atoms with Gasteiger partial charge in [-0.2, -0.15) is 0 Å². The molecule has 0 atom stereocenters. The van der Waals surface area contributed by atoms with E-state index in [4.69, 9.17) is 9.56 Å². The van der Waals surface area contributed by atoms with Crippen LogP contribution in [0.4, 0.5) is 0 Å². The Morgan fingerprint density at radius 3 is 2.58 bits per heavy atom. The predicted molar refractivity (Wildman–Crippen MR) is 87.5 cm³/mol. The van der Waals surface area contributed by atoms with Crippen molar-refractivity contribution in [1.82, 2.24) is 9.55 Å². The first-order chi connectivity index (χ1) is 11.2. The van der Waals surface area contributed by atoms with Crippen LogP contribution in [0.2, 0.25) is 0 Å². The molecule has 0 amide bonds. The van der Waals surface area contributed by atoms with Crippen molar-refractivity contribution >= 4 is 21.1 Å². The van der Waals surface area contributed by atoms with Gasteiger partial charge in [0.05, 0.1) is 11.4 Å². The van der Waals surface area contributed by atoms with Gasteiger partial charge in [-0.25, -0.2) is 18.4 Å². The Morgan fingerprint density at radius 1 is 1.21 bits per heavy atom. The van der Waals surface area contributed by atoms with Crippen LogP contribution in [0.5, 0.6) is 0 Å². The number of aryl methyl sites for hydroxylation is 1. The molecule has 0 unspecified atom stereocenters. The maximum Gasteiger partial charge on any atom is 0.417 e. The molecule has 2 heterocycles. The molecule has 8 nitrogen and oxygen atoms in total. The van der Waals surface area contributed by atoms with Gasteiger partial charge < -0.3 is 8.98 Å². The summed E-state index contributed by atoms with van der Waals surface area (Å²) in [5.41, 5.74) is 1.74. The van der Waals surface area contributed by atoms with Crippen LogP contribution in [-0.4, -0.2) is 18.0 Å². The lowest BCUT2D eigenvalue weighted by Crippen LogP contribution is -2.23. The van der Waals surface area contributed by atoms with Crippen molar-refractivity contribution in [3.63, 3.8) is 0 Å². The summed E-state index contributed by atoms with van der Waals surface area (Å²) in [5, 5.41) is 5.28. The van der Waals surface area contributed by atoms with Gasteiger partial charge in [0, 0.05) is 6.20 Å². The molecule has 0 saturated carbocycles. The molecule has 0 spiro atoms. The largest absolute Gasteiger partial charge is 0.417 e. The summed E-state index contributed by atoms with van der Waals surface area (Å²) >= 11 is 0. The Morgan fingerprint density at radius 2 is 1.92 bits per heavy atom. The standard InChI is InChI=1S/C15H15N3O5S/c1-8-3-4-12(24(16,21)22)10(9(8)2)7-18-6-5-11-13(14(18)19)17-15(20)23-11/h3-6H,7H2,1-2H3,(H,17,20)(H2,16,21,22). The Labute approximate surface area is 136 Å². The molecular weight excluding hydrogens is 334 g/mol. The number of fused-ring (bicyclic) bond motifs is 1. The number of hydrogen-bond acceptors (Lipinski definition) is 5. The number of H-pyrrole nitrogens is 1. The SMILES string of the molecule is Cc1ccc(S(N)(=O)=O)c(Cn2ccc3oc(=O)[nH]c3c2=O)c1C. The molecule has 24 heavy (non-hydrogen) atoms. The van der Waals surface area contributed by atoms with E-state index in [9.17, 15) is 18.0 Å². The maximum atomic E-state index is 12.5. The lowest BCUT2D eigenvalue weighted by atomic mass is 10.0. The highest BCUT2D eigenvalue weighted by atomic mass is 32.2. The molecule has 0 saturated heterocycles. The summed E-state index contributed by atoms with van der Waals surface area (Å²) in [5.74, 6) is -0.725. The Kier molecular flexibility index (Phi) is 3.69. The van der Waals surface area contributed by atoms with Gasteiger partial charge >= 0.3 is 5.76 Å². The minimum atomic E-state index is -3.94. The first kappa shape index (κ1) is 16.2. The van der Waals surface area contributed by atoms with E-state index in [0.717, 1.165) is 11.1 Å². The van der Waals surface area contributed by atoms with Crippen LogP contribution in [-0.2, 0) is 16.6 Å². The van der Waals surface area contributed by atoms with E-state index in [0.29, 0.717) is 5.56 Å². The number of sulfonamides is 1. The Balaban J connectivity index is 2.22. The van der Waals surface area contributed by atoms with Crippen LogP contribution in [0.1, 0.15) is 16.7 Å². The third kappa shape index (κ3) is 2.68. The summed E-state index contributed by atoms with van der Waals surface area (Å²) in [6, 6.07) is 4.56. The van der Waals surface area contributed by atoms with E-state index >= 15 is 0 Å². The van der Waals surface area contributed by atoms with E-state index in [2.05, 4.69) is 4.98 Å². The monoisotopic (exact) mass is 349 g/mol. The fraction of sp³-hybridized carbons (Fsp3) is 0.200. The summed E-state index contributed by atoms with van der Waals surface area (Å²) < 4.78 is 29.8. The van der Waals surface area contributed by atoms with E-state index in [1.54, 1.807) is 13.0 Å². The van der Waals surface area contributed by atoms with E-state index in [1.165, 1.54) is 22.9 Å². The highest BCUT2D eigenvalue weighted by Crippen LogP contribution is 2.22. The van der Waals surface area contributed by atoms with Gasteiger partial charge in [-0.1, -0.05) is 6.07 Å². The van der Waals surface area contributed by atoms with Crippen LogP contribution in [0.15, 0.2) is 43.3 Å². The summed E-state index contributed by atoms with van der Waals surface area (Å²) in [6.45, 7) is 3.61. The normalized spacial score (nSPS) is 12.0. The van der Waals surface area contributed by atoms with Gasteiger partial charge in [-0.3, -0.25) is 9.78 Å². The summed E-state index contributed by atoms with van der Waals surface area (Å²) in [7, 11) is -3.94. The van der Waals surface area contributed by atoms with E-state index in [1.807, 2.05) is 6.92 Å². The van der Waals surface area contributed by atoms with Crippen molar-refractivity contribution in [2.45, 2.75) is 25.3 Å². The lowest BCUT2D eigenvalue weighted by Gasteiger charge is -2.14.